The van der Waals surface area contributed by atoms with E-state index in [1.165, 1.54) is 6.08 Å². The minimum Gasteiger partial charge on any atom is -0.481 e. The van der Waals surface area contributed by atoms with Gasteiger partial charge in [-0.05, 0) is 25.3 Å². The first kappa shape index (κ1) is 13.6. The third kappa shape index (κ3) is 1.89. The van der Waals surface area contributed by atoms with Crippen LogP contribution in [0.15, 0.2) is 22.2 Å². The van der Waals surface area contributed by atoms with Crippen LogP contribution < -0.4 is 0 Å². The van der Waals surface area contributed by atoms with Crippen LogP contribution in [0.5, 0.6) is 0 Å². The third-order valence-corrected chi connectivity index (χ3v) is 3.66. The lowest BCUT2D eigenvalue weighted by atomic mass is 9.96. The Balaban J connectivity index is 3.22. The fourth-order valence-electron chi connectivity index (χ4n) is 2.43. The summed E-state index contributed by atoms with van der Waals surface area (Å²) in [4.78, 5) is 11.4. The van der Waals surface area contributed by atoms with Crippen LogP contribution in [-0.4, -0.2) is 11.1 Å². The van der Waals surface area contributed by atoms with Crippen LogP contribution in [0, 0.1) is 16.7 Å². The minimum absolute atomic E-state index is 0.0140. The summed E-state index contributed by atoms with van der Waals surface area (Å²) < 4.78 is 0.0140. The molecule has 0 aromatic carbocycles. The van der Waals surface area contributed by atoms with Crippen LogP contribution in [0.1, 0.15) is 27.7 Å². The van der Waals surface area contributed by atoms with Crippen molar-refractivity contribution in [3.63, 3.8) is 0 Å². The van der Waals surface area contributed by atoms with E-state index < -0.39 is 11.4 Å². The maximum Gasteiger partial charge on any atom is 0.314 e. The molecule has 90 valence electrons. The van der Waals surface area contributed by atoms with E-state index in [4.69, 9.17) is 23.2 Å². The van der Waals surface area contributed by atoms with Gasteiger partial charge < -0.3 is 5.11 Å². The molecule has 1 aliphatic rings. The summed E-state index contributed by atoms with van der Waals surface area (Å²) >= 11 is 11.2. The van der Waals surface area contributed by atoms with Crippen molar-refractivity contribution in [3.8, 4) is 0 Å². The summed E-state index contributed by atoms with van der Waals surface area (Å²) in [6, 6.07) is 0. The van der Waals surface area contributed by atoms with E-state index in [0.717, 1.165) is 5.57 Å². The summed E-state index contributed by atoms with van der Waals surface area (Å²) in [6.45, 7) is 7.73. The average molecular weight is 263 g/mol. The van der Waals surface area contributed by atoms with E-state index in [1.807, 2.05) is 33.8 Å². The number of hydrogen-bond acceptors (Lipinski definition) is 1. The Labute approximate surface area is 106 Å². The predicted octanol–water partition coefficient (Wildman–Crippen LogP) is 4.00. The smallest absolute Gasteiger partial charge is 0.314 e. The van der Waals surface area contributed by atoms with Crippen molar-refractivity contribution in [3.05, 3.63) is 22.2 Å². The second-order valence-electron chi connectivity index (χ2n) is 5.05. The molecule has 1 aliphatic carbocycles. The number of carboxylic acids is 1. The number of halogens is 2. The lowest BCUT2D eigenvalue weighted by Crippen LogP contribution is -2.19. The van der Waals surface area contributed by atoms with Gasteiger partial charge in [-0.2, -0.15) is 0 Å². The van der Waals surface area contributed by atoms with Gasteiger partial charge in [0.15, 0.2) is 0 Å². The molecule has 0 aromatic rings. The van der Waals surface area contributed by atoms with Crippen LogP contribution in [0.2, 0.25) is 0 Å². The molecule has 1 fully saturated rings. The highest BCUT2D eigenvalue weighted by molar-refractivity contribution is 6.56. The van der Waals surface area contributed by atoms with Crippen molar-refractivity contribution in [1.82, 2.24) is 0 Å². The Bertz CT molecular complexity index is 374. The molecule has 1 N–H and O–H groups in total. The average Bonchev–Trinajstić information content (AvgIpc) is 2.50. The van der Waals surface area contributed by atoms with Gasteiger partial charge in [-0.3, -0.25) is 4.79 Å². The van der Waals surface area contributed by atoms with E-state index in [1.54, 1.807) is 0 Å². The Morgan fingerprint density at radius 2 is 1.81 bits per heavy atom. The van der Waals surface area contributed by atoms with Crippen molar-refractivity contribution < 1.29 is 9.90 Å². The van der Waals surface area contributed by atoms with Crippen molar-refractivity contribution in [1.29, 1.82) is 0 Å². The molecule has 2 unspecified atom stereocenters. The van der Waals surface area contributed by atoms with Crippen molar-refractivity contribution in [2.45, 2.75) is 27.7 Å². The lowest BCUT2D eigenvalue weighted by Gasteiger charge is -2.09. The second-order valence-corrected chi connectivity index (χ2v) is 6.06. The van der Waals surface area contributed by atoms with Gasteiger partial charge in [0.25, 0.3) is 0 Å². The quantitative estimate of drug-likeness (QED) is 0.781. The zero-order valence-corrected chi connectivity index (χ0v) is 11.4. The molecule has 4 heteroatoms. The zero-order chi connectivity index (χ0) is 12.7. The first-order chi connectivity index (χ1) is 7.16. The summed E-state index contributed by atoms with van der Waals surface area (Å²) in [6.07, 6.45) is 3.42. The first-order valence-electron chi connectivity index (χ1n) is 5.08. The molecule has 1 rings (SSSR count). The molecule has 1 saturated carbocycles. The summed E-state index contributed by atoms with van der Waals surface area (Å²) in [5, 5.41) is 9.38. The van der Waals surface area contributed by atoms with E-state index in [2.05, 4.69) is 0 Å². The van der Waals surface area contributed by atoms with Gasteiger partial charge >= 0.3 is 5.97 Å². The number of allylic oxidation sites excluding steroid dienone is 2. The van der Waals surface area contributed by atoms with Gasteiger partial charge in [-0.25, -0.2) is 0 Å². The van der Waals surface area contributed by atoms with Crippen LogP contribution in [-0.2, 0) is 4.79 Å². The lowest BCUT2D eigenvalue weighted by molar-refractivity contribution is -0.142. The fraction of sp³-hybridized carbons (Fsp3) is 0.583. The standard InChI is InChI=1S/C12H16Cl2O2/c1-7(2)5-8-11(3,4)12(8,10(15)16)6-9(13)14/h5-6,8H,1-4H3,(H,15,16). The minimum atomic E-state index is -0.969. The highest BCUT2D eigenvalue weighted by Gasteiger charge is 2.73. The molecule has 0 aliphatic heterocycles. The Kier molecular flexibility index (Phi) is 3.47. The van der Waals surface area contributed by atoms with Crippen molar-refractivity contribution in [2.75, 3.05) is 0 Å². The Hall–Kier alpha value is -0.470. The van der Waals surface area contributed by atoms with Crippen LogP contribution >= 0.6 is 23.2 Å². The second kappa shape index (κ2) is 4.08. The van der Waals surface area contributed by atoms with Crippen molar-refractivity contribution >= 4 is 29.2 Å². The van der Waals surface area contributed by atoms with E-state index in [-0.39, 0.29) is 15.8 Å². The number of carboxylic acid groups (broad SMARTS) is 1. The molecule has 2 atom stereocenters. The van der Waals surface area contributed by atoms with Crippen LogP contribution in [0.4, 0.5) is 0 Å². The molecular weight excluding hydrogens is 247 g/mol. The molecule has 0 saturated heterocycles. The molecule has 0 amide bonds. The van der Waals surface area contributed by atoms with Crippen LogP contribution in [0.3, 0.4) is 0 Å². The van der Waals surface area contributed by atoms with Gasteiger partial charge in [0.05, 0.1) is 0 Å². The molecule has 0 bridgehead atoms. The molecule has 0 spiro atoms. The van der Waals surface area contributed by atoms with Crippen LogP contribution in [0.25, 0.3) is 0 Å². The summed E-state index contributed by atoms with van der Waals surface area (Å²) in [5.41, 5.74) is -0.228. The highest BCUT2D eigenvalue weighted by Crippen LogP contribution is 2.71. The van der Waals surface area contributed by atoms with Crippen molar-refractivity contribution in [2.24, 2.45) is 16.7 Å². The normalized spacial score (nSPS) is 30.5. The maximum absolute atomic E-state index is 11.4. The molecular formula is C12H16Cl2O2. The molecule has 2 nitrogen and oxygen atoms in total. The largest absolute Gasteiger partial charge is 0.481 e. The van der Waals surface area contributed by atoms with E-state index >= 15 is 0 Å². The Morgan fingerprint density at radius 3 is 2.12 bits per heavy atom. The first-order valence-corrected chi connectivity index (χ1v) is 5.84. The van der Waals surface area contributed by atoms with E-state index in [9.17, 15) is 9.90 Å². The monoisotopic (exact) mass is 262 g/mol. The number of carbonyl (C=O) groups is 1. The SMILES string of the molecule is CC(C)=CC1C(C)(C)C1(C=C(Cl)Cl)C(=O)O. The maximum atomic E-state index is 11.4. The van der Waals surface area contributed by atoms with Gasteiger partial charge in [0.2, 0.25) is 0 Å². The molecule has 0 radical (unpaired) electrons. The highest BCUT2D eigenvalue weighted by atomic mass is 35.5. The van der Waals surface area contributed by atoms with Gasteiger partial charge in [-0.15, -0.1) is 0 Å². The molecule has 16 heavy (non-hydrogen) atoms. The fourth-order valence-corrected chi connectivity index (χ4v) is 2.77. The van der Waals surface area contributed by atoms with Gasteiger partial charge in [-0.1, -0.05) is 48.7 Å². The number of rotatable bonds is 3. The molecule has 0 heterocycles. The summed E-state index contributed by atoms with van der Waals surface area (Å²) in [5.74, 6) is -0.936. The van der Waals surface area contributed by atoms with Gasteiger partial charge in [0.1, 0.15) is 9.91 Å². The topological polar surface area (TPSA) is 37.3 Å². The van der Waals surface area contributed by atoms with Gasteiger partial charge in [0, 0.05) is 5.92 Å². The zero-order valence-electron chi connectivity index (χ0n) is 9.84. The predicted molar refractivity (Wildman–Crippen MR) is 66.6 cm³/mol. The summed E-state index contributed by atoms with van der Waals surface area (Å²) in [7, 11) is 0. The Morgan fingerprint density at radius 1 is 1.31 bits per heavy atom. The number of aliphatic carboxylic acids is 1. The van der Waals surface area contributed by atoms with E-state index in [0.29, 0.717) is 0 Å². The third-order valence-electron chi connectivity index (χ3n) is 3.44. The molecule has 0 aromatic heterocycles. The number of hydrogen-bond donors (Lipinski definition) is 1.